The molecule has 3 N–H and O–H groups in total. The molecule has 0 unspecified atom stereocenters. The Labute approximate surface area is 271 Å². The zero-order chi connectivity index (χ0) is 33.2. The summed E-state index contributed by atoms with van der Waals surface area (Å²) in [4.78, 5) is 32.1. The van der Waals surface area contributed by atoms with Crippen LogP contribution in [0.3, 0.4) is 0 Å². The van der Waals surface area contributed by atoms with Crippen LogP contribution in [-0.4, -0.2) is 60.9 Å². The first-order valence-corrected chi connectivity index (χ1v) is 15.6. The number of amides is 1. The number of benzene rings is 3. The third-order valence-corrected chi connectivity index (χ3v) is 7.42. The molecule has 46 heavy (non-hydrogen) atoms. The number of aliphatic hydroxyl groups excluding tert-OH is 1. The van der Waals surface area contributed by atoms with Gasteiger partial charge in [0.05, 0.1) is 13.7 Å². The first kappa shape index (κ1) is 34.5. The third kappa shape index (κ3) is 9.31. The molecule has 3 aromatic rings. The van der Waals surface area contributed by atoms with E-state index < -0.39 is 29.1 Å². The van der Waals surface area contributed by atoms with Gasteiger partial charge in [-0.2, -0.15) is 0 Å². The molecule has 246 valence electrons. The van der Waals surface area contributed by atoms with Crippen molar-refractivity contribution in [1.29, 1.82) is 0 Å². The normalized spacial score (nSPS) is 17.5. The minimum atomic E-state index is -1.52. The summed E-state index contributed by atoms with van der Waals surface area (Å²) in [5.41, 5.74) is 7.33. The minimum Gasteiger partial charge on any atom is -0.497 e. The van der Waals surface area contributed by atoms with Crippen LogP contribution in [0.4, 0.5) is 0 Å². The highest BCUT2D eigenvalue weighted by Gasteiger charge is 2.53. The molecule has 10 nitrogen and oxygen atoms in total. The van der Waals surface area contributed by atoms with Crippen molar-refractivity contribution in [2.75, 3.05) is 26.9 Å². The van der Waals surface area contributed by atoms with Crippen LogP contribution < -0.4 is 20.3 Å². The van der Waals surface area contributed by atoms with Gasteiger partial charge in [-0.05, 0) is 88.1 Å². The molecule has 4 rings (SSSR count). The minimum absolute atomic E-state index is 0.0289. The van der Waals surface area contributed by atoms with Gasteiger partial charge in [-0.25, -0.2) is 10.4 Å². The number of rotatable bonds is 15. The standard InChI is InChI=1S/C36H45N3O7/c1-25-10-12-26(13-11-25)19-21-37-39-34(42)36(20-18-31(41)46-35(2,3)4)32(28-8-6-9-30(24-28)43-5)45-33(38-36)27-14-16-29(17-15-27)44-23-7-22-40/h6,8-17,24,32,37,40H,7,18-23H2,1-5H3,(H,39,42)/t32-,36-/m0/s1. The largest absolute Gasteiger partial charge is 0.497 e. The highest BCUT2D eigenvalue weighted by atomic mass is 16.6. The molecule has 0 spiro atoms. The zero-order valence-corrected chi connectivity index (χ0v) is 27.3. The summed E-state index contributed by atoms with van der Waals surface area (Å²) in [5, 5.41) is 9.05. The number of nitrogens with one attached hydrogen (secondary N) is 2. The van der Waals surface area contributed by atoms with Gasteiger partial charge < -0.3 is 24.1 Å². The molecule has 0 aliphatic carbocycles. The van der Waals surface area contributed by atoms with E-state index in [1.54, 1.807) is 52.1 Å². The smallest absolute Gasteiger partial charge is 0.306 e. The SMILES string of the molecule is COc1cccc([C@@H]2OC(c3ccc(OCCCO)cc3)=N[C@]2(CCC(=O)OC(C)(C)C)C(=O)NNCCc2ccc(C)cc2)c1. The van der Waals surface area contributed by atoms with Crippen LogP contribution in [0.25, 0.3) is 0 Å². The van der Waals surface area contributed by atoms with E-state index in [4.69, 9.17) is 29.0 Å². The predicted octanol–water partition coefficient (Wildman–Crippen LogP) is 5.01. The molecule has 1 amide bonds. The van der Waals surface area contributed by atoms with Gasteiger partial charge in [0.2, 0.25) is 5.90 Å². The number of esters is 1. The maximum atomic E-state index is 14.3. The highest BCUT2D eigenvalue weighted by molar-refractivity contribution is 6.01. The Kier molecular flexibility index (Phi) is 11.8. The Bertz CT molecular complexity index is 1480. The monoisotopic (exact) mass is 631 g/mol. The van der Waals surface area contributed by atoms with E-state index >= 15 is 0 Å². The van der Waals surface area contributed by atoms with Gasteiger partial charge in [0, 0.05) is 31.6 Å². The van der Waals surface area contributed by atoms with Crippen molar-refractivity contribution in [2.45, 2.75) is 70.6 Å². The summed E-state index contributed by atoms with van der Waals surface area (Å²) in [7, 11) is 1.57. The van der Waals surface area contributed by atoms with Gasteiger partial charge in [-0.3, -0.25) is 15.0 Å². The average Bonchev–Trinajstić information content (AvgIpc) is 3.43. The molecule has 0 aromatic heterocycles. The van der Waals surface area contributed by atoms with Gasteiger partial charge in [-0.1, -0.05) is 42.0 Å². The van der Waals surface area contributed by atoms with Crippen molar-refractivity contribution in [3.05, 3.63) is 95.1 Å². The van der Waals surface area contributed by atoms with Crippen LogP contribution in [0.15, 0.2) is 77.8 Å². The first-order chi connectivity index (χ1) is 22.0. The second kappa shape index (κ2) is 15.7. The molecule has 1 aliphatic rings. The van der Waals surface area contributed by atoms with Crippen LogP contribution >= 0.6 is 0 Å². The fraction of sp³-hybridized carbons (Fsp3) is 0.417. The summed E-state index contributed by atoms with van der Waals surface area (Å²) in [6.07, 6.45) is 0.309. The van der Waals surface area contributed by atoms with Crippen LogP contribution in [-0.2, 0) is 25.5 Å². The van der Waals surface area contributed by atoms with E-state index in [1.165, 1.54) is 5.56 Å². The Morgan fingerprint density at radius 1 is 1.02 bits per heavy atom. The number of aryl methyl sites for hydroxylation is 1. The van der Waals surface area contributed by atoms with Crippen molar-refractivity contribution < 1.29 is 33.6 Å². The molecular weight excluding hydrogens is 586 g/mol. The number of aliphatic hydroxyl groups is 1. The van der Waals surface area contributed by atoms with Gasteiger partial charge >= 0.3 is 5.97 Å². The molecule has 10 heteroatoms. The second-order valence-electron chi connectivity index (χ2n) is 12.3. The zero-order valence-electron chi connectivity index (χ0n) is 27.3. The number of hydrogen-bond donors (Lipinski definition) is 3. The molecular formula is C36H45N3O7. The van der Waals surface area contributed by atoms with E-state index in [-0.39, 0.29) is 25.3 Å². The summed E-state index contributed by atoms with van der Waals surface area (Å²) in [5.74, 6) is 0.605. The van der Waals surface area contributed by atoms with Crippen molar-refractivity contribution in [3.8, 4) is 11.5 Å². The van der Waals surface area contributed by atoms with Gasteiger partial charge in [0.15, 0.2) is 11.6 Å². The molecule has 2 atom stereocenters. The van der Waals surface area contributed by atoms with Crippen LogP contribution in [0.1, 0.15) is 68.4 Å². The quantitative estimate of drug-likeness (QED) is 0.121. The lowest BCUT2D eigenvalue weighted by Crippen LogP contribution is -2.53. The molecule has 3 aromatic carbocycles. The summed E-state index contributed by atoms with van der Waals surface area (Å²) < 4.78 is 23.3. The fourth-order valence-electron chi connectivity index (χ4n) is 5.07. The number of carbonyl (C=O) groups is 2. The van der Waals surface area contributed by atoms with Crippen molar-refractivity contribution >= 4 is 17.8 Å². The van der Waals surface area contributed by atoms with E-state index in [1.807, 2.05) is 31.2 Å². The topological polar surface area (TPSA) is 128 Å². The summed E-state index contributed by atoms with van der Waals surface area (Å²) >= 11 is 0. The highest BCUT2D eigenvalue weighted by Crippen LogP contribution is 2.44. The summed E-state index contributed by atoms with van der Waals surface area (Å²) in [6, 6.07) is 22.7. The van der Waals surface area contributed by atoms with Crippen molar-refractivity contribution in [2.24, 2.45) is 4.99 Å². The number of aliphatic imine (C=N–C) groups is 1. The predicted molar refractivity (Wildman–Crippen MR) is 176 cm³/mol. The van der Waals surface area contributed by atoms with Crippen LogP contribution in [0.2, 0.25) is 0 Å². The van der Waals surface area contributed by atoms with E-state index in [9.17, 15) is 9.59 Å². The third-order valence-electron chi connectivity index (χ3n) is 7.42. The lowest BCUT2D eigenvalue weighted by molar-refractivity contribution is -0.155. The van der Waals surface area contributed by atoms with E-state index in [0.717, 1.165) is 5.56 Å². The van der Waals surface area contributed by atoms with E-state index in [0.29, 0.717) is 48.6 Å². The van der Waals surface area contributed by atoms with Gasteiger partial charge in [0.25, 0.3) is 5.91 Å². The van der Waals surface area contributed by atoms with Crippen molar-refractivity contribution in [1.82, 2.24) is 10.9 Å². The number of carbonyl (C=O) groups excluding carboxylic acids is 2. The van der Waals surface area contributed by atoms with E-state index in [2.05, 4.69) is 35.1 Å². The molecule has 1 heterocycles. The molecule has 0 saturated carbocycles. The number of hydrazine groups is 1. The van der Waals surface area contributed by atoms with Crippen LogP contribution in [0.5, 0.6) is 11.5 Å². The van der Waals surface area contributed by atoms with Gasteiger partial charge in [0.1, 0.15) is 17.1 Å². The number of methoxy groups -OCH3 is 1. The lowest BCUT2D eigenvalue weighted by atomic mass is 9.83. The molecule has 1 aliphatic heterocycles. The molecule has 0 fully saturated rings. The molecule has 0 radical (unpaired) electrons. The molecule has 0 bridgehead atoms. The number of hydrogen-bond acceptors (Lipinski definition) is 9. The Morgan fingerprint density at radius 2 is 1.76 bits per heavy atom. The maximum absolute atomic E-state index is 14.3. The number of nitrogens with zero attached hydrogens (tertiary/aromatic N) is 1. The first-order valence-electron chi connectivity index (χ1n) is 15.6. The Hall–Kier alpha value is -4.41. The Balaban J connectivity index is 1.66. The fourth-order valence-corrected chi connectivity index (χ4v) is 5.07. The Morgan fingerprint density at radius 3 is 2.43 bits per heavy atom. The van der Waals surface area contributed by atoms with Crippen molar-refractivity contribution in [3.63, 3.8) is 0 Å². The molecule has 0 saturated heterocycles. The number of ether oxygens (including phenoxy) is 4. The maximum Gasteiger partial charge on any atom is 0.306 e. The summed E-state index contributed by atoms with van der Waals surface area (Å²) in [6.45, 7) is 8.36. The average molecular weight is 632 g/mol. The lowest BCUT2D eigenvalue weighted by Gasteiger charge is -2.31. The van der Waals surface area contributed by atoms with Gasteiger partial charge in [-0.15, -0.1) is 0 Å². The van der Waals surface area contributed by atoms with Crippen LogP contribution in [0, 0.1) is 6.92 Å². The second-order valence-corrected chi connectivity index (χ2v) is 12.3.